The lowest BCUT2D eigenvalue weighted by Crippen LogP contribution is -2.41. The summed E-state index contributed by atoms with van der Waals surface area (Å²) >= 11 is 6.14. The van der Waals surface area contributed by atoms with Gasteiger partial charge in [0.15, 0.2) is 5.65 Å². The van der Waals surface area contributed by atoms with Gasteiger partial charge in [0.05, 0.1) is 17.4 Å². The van der Waals surface area contributed by atoms with Gasteiger partial charge in [-0.05, 0) is 61.5 Å². The van der Waals surface area contributed by atoms with Crippen LogP contribution in [0.25, 0.3) is 22.9 Å². The molecule has 0 saturated carbocycles. The molecule has 0 unspecified atom stereocenters. The number of amides is 1. The van der Waals surface area contributed by atoms with Crippen LogP contribution in [0.4, 0.5) is 4.79 Å². The summed E-state index contributed by atoms with van der Waals surface area (Å²) in [5.74, 6) is -0.0223. The number of aromatic nitrogens is 3. The molecule has 1 saturated heterocycles. The molecule has 0 bridgehead atoms. The van der Waals surface area contributed by atoms with Crippen LogP contribution in [-0.4, -0.2) is 52.2 Å². The first-order chi connectivity index (χ1) is 19.1. The second kappa shape index (κ2) is 10.1. The highest BCUT2D eigenvalue weighted by molar-refractivity contribution is 6.56. The third-order valence-electron chi connectivity index (χ3n) is 8.04. The fraction of sp³-hybridized carbons (Fsp3) is 0.300. The molecular weight excluding hydrogens is 527 g/mol. The Labute approximate surface area is 238 Å². The quantitative estimate of drug-likeness (QED) is 0.234. The molecule has 204 valence electrons. The summed E-state index contributed by atoms with van der Waals surface area (Å²) in [6, 6.07) is 18.2. The Morgan fingerprint density at radius 2 is 1.68 bits per heavy atom. The highest BCUT2D eigenvalue weighted by Gasteiger charge is 2.52. The number of hydrogen-bond donors (Lipinski definition) is 1. The smallest absolute Gasteiger partial charge is 0.449 e. The van der Waals surface area contributed by atoms with Crippen LogP contribution in [0.15, 0.2) is 72.5 Å². The Bertz CT molecular complexity index is 1570. The van der Waals surface area contributed by atoms with Crippen LogP contribution in [0.5, 0.6) is 0 Å². The van der Waals surface area contributed by atoms with Crippen LogP contribution in [0.3, 0.4) is 0 Å². The van der Waals surface area contributed by atoms with Crippen LogP contribution >= 0.6 is 11.6 Å². The zero-order chi connectivity index (χ0) is 28.1. The second-order valence-electron chi connectivity index (χ2n) is 11.1. The summed E-state index contributed by atoms with van der Waals surface area (Å²) in [6.07, 6.45) is 4.78. The molecule has 1 amide bonds. The molecule has 1 aliphatic heterocycles. The summed E-state index contributed by atoms with van der Waals surface area (Å²) in [4.78, 5) is 17.4. The Hall–Kier alpha value is -3.66. The highest BCUT2D eigenvalue weighted by atomic mass is 35.5. The number of fused-ring (bicyclic) bond motifs is 4. The molecule has 3 heterocycles. The van der Waals surface area contributed by atoms with Crippen molar-refractivity contribution in [3.63, 3.8) is 0 Å². The standard InChI is InChI=1S/C30H30BClN4O4/c1-29(2)30(3,4)40-31(39-29)20(15-19-16-34-36-14-13-26(32)35-27(19)36)17-33-28(37)38-18-25-23-11-7-5-9-21(23)22-10-6-8-12-24(22)25/h5-16,25H,17-18H2,1-4H3,(H,33,37). The predicted octanol–water partition coefficient (Wildman–Crippen LogP) is 5.94. The molecular formula is C30H30BClN4O4. The third-order valence-corrected chi connectivity index (χ3v) is 8.25. The van der Waals surface area contributed by atoms with E-state index in [1.807, 2.05) is 58.0 Å². The zero-order valence-electron chi connectivity index (χ0n) is 22.8. The van der Waals surface area contributed by atoms with Crippen LogP contribution in [0.2, 0.25) is 5.15 Å². The molecule has 2 aromatic heterocycles. The Kier molecular flexibility index (Phi) is 6.69. The van der Waals surface area contributed by atoms with Crippen molar-refractivity contribution in [2.24, 2.45) is 0 Å². The molecule has 10 heteroatoms. The number of benzene rings is 2. The predicted molar refractivity (Wildman–Crippen MR) is 155 cm³/mol. The lowest BCUT2D eigenvalue weighted by Gasteiger charge is -2.32. The van der Waals surface area contributed by atoms with E-state index >= 15 is 0 Å². The molecule has 40 heavy (non-hydrogen) atoms. The van der Waals surface area contributed by atoms with Gasteiger partial charge in [0, 0.05) is 24.2 Å². The normalized spacial score (nSPS) is 17.6. The minimum Gasteiger partial charge on any atom is -0.449 e. The summed E-state index contributed by atoms with van der Waals surface area (Å²) < 4.78 is 20.0. The lowest BCUT2D eigenvalue weighted by atomic mass is 9.77. The molecule has 4 aromatic rings. The number of halogens is 1. The number of rotatable bonds is 6. The summed E-state index contributed by atoms with van der Waals surface area (Å²) in [5.41, 5.74) is 5.59. The molecule has 0 spiro atoms. The SMILES string of the molecule is CC1(C)OB(C(=Cc2cnn3ccc(Cl)nc23)CNC(=O)OCC2c3ccccc3-c3ccccc32)OC1(C)C. The van der Waals surface area contributed by atoms with Gasteiger partial charge in [-0.15, -0.1) is 0 Å². The lowest BCUT2D eigenvalue weighted by molar-refractivity contribution is 0.00578. The number of ether oxygens (including phenoxy) is 1. The molecule has 0 radical (unpaired) electrons. The van der Waals surface area contributed by atoms with Crippen molar-refractivity contribution in [2.75, 3.05) is 13.2 Å². The molecule has 1 aliphatic carbocycles. The van der Waals surface area contributed by atoms with Crippen molar-refractivity contribution in [1.29, 1.82) is 0 Å². The zero-order valence-corrected chi connectivity index (χ0v) is 23.6. The van der Waals surface area contributed by atoms with Gasteiger partial charge in [0.2, 0.25) is 0 Å². The first-order valence-corrected chi connectivity index (χ1v) is 13.7. The summed E-state index contributed by atoms with van der Waals surface area (Å²) in [7, 11) is -0.687. The molecule has 1 N–H and O–H groups in total. The van der Waals surface area contributed by atoms with Crippen molar-refractivity contribution < 1.29 is 18.8 Å². The van der Waals surface area contributed by atoms with E-state index in [4.69, 9.17) is 25.6 Å². The van der Waals surface area contributed by atoms with Crippen LogP contribution in [0, 0.1) is 0 Å². The fourth-order valence-corrected chi connectivity index (χ4v) is 5.32. The molecule has 0 atom stereocenters. The van der Waals surface area contributed by atoms with Gasteiger partial charge in [0.25, 0.3) is 0 Å². The van der Waals surface area contributed by atoms with E-state index in [0.29, 0.717) is 16.3 Å². The van der Waals surface area contributed by atoms with E-state index in [1.54, 1.807) is 23.0 Å². The van der Waals surface area contributed by atoms with E-state index in [1.165, 1.54) is 11.1 Å². The van der Waals surface area contributed by atoms with Gasteiger partial charge < -0.3 is 19.4 Å². The molecule has 1 fully saturated rings. The Morgan fingerprint density at radius 1 is 1.05 bits per heavy atom. The minimum absolute atomic E-state index is 0.0223. The highest BCUT2D eigenvalue weighted by Crippen LogP contribution is 2.44. The van der Waals surface area contributed by atoms with Gasteiger partial charge in [-0.25, -0.2) is 14.3 Å². The monoisotopic (exact) mass is 556 g/mol. The molecule has 8 nitrogen and oxygen atoms in total. The van der Waals surface area contributed by atoms with Gasteiger partial charge in [0.1, 0.15) is 11.8 Å². The third kappa shape index (κ3) is 4.78. The Balaban J connectivity index is 1.21. The van der Waals surface area contributed by atoms with Crippen LogP contribution in [0.1, 0.15) is 50.3 Å². The number of nitrogens with one attached hydrogen (secondary N) is 1. The van der Waals surface area contributed by atoms with Crippen molar-refractivity contribution in [2.45, 2.75) is 44.8 Å². The van der Waals surface area contributed by atoms with E-state index in [-0.39, 0.29) is 19.1 Å². The van der Waals surface area contributed by atoms with Crippen molar-refractivity contribution >= 4 is 36.5 Å². The number of hydrogen-bond acceptors (Lipinski definition) is 6. The fourth-order valence-electron chi connectivity index (χ4n) is 5.19. The average molecular weight is 557 g/mol. The summed E-state index contributed by atoms with van der Waals surface area (Å²) in [5, 5.41) is 7.61. The second-order valence-corrected chi connectivity index (χ2v) is 11.5. The van der Waals surface area contributed by atoms with Gasteiger partial charge in [-0.2, -0.15) is 5.10 Å². The molecule has 2 aliphatic rings. The maximum Gasteiger partial charge on any atom is 0.492 e. The van der Waals surface area contributed by atoms with Gasteiger partial charge in [-0.1, -0.05) is 66.2 Å². The van der Waals surface area contributed by atoms with Crippen molar-refractivity contribution in [1.82, 2.24) is 19.9 Å². The van der Waals surface area contributed by atoms with E-state index < -0.39 is 24.4 Å². The first-order valence-electron chi connectivity index (χ1n) is 13.3. The minimum atomic E-state index is -0.687. The molecule has 2 aromatic carbocycles. The van der Waals surface area contributed by atoms with Crippen molar-refractivity contribution in [3.8, 4) is 11.1 Å². The number of nitrogens with zero attached hydrogens (tertiary/aromatic N) is 3. The molecule has 6 rings (SSSR count). The van der Waals surface area contributed by atoms with E-state index in [2.05, 4.69) is 39.7 Å². The van der Waals surface area contributed by atoms with E-state index in [0.717, 1.165) is 16.7 Å². The number of carbonyl (C=O) groups is 1. The van der Waals surface area contributed by atoms with E-state index in [9.17, 15) is 4.79 Å². The maximum atomic E-state index is 13.0. The number of carbonyl (C=O) groups excluding carboxylic acids is 1. The van der Waals surface area contributed by atoms with Crippen molar-refractivity contribution in [3.05, 3.63) is 94.3 Å². The van der Waals surface area contributed by atoms with Gasteiger partial charge >= 0.3 is 13.2 Å². The topological polar surface area (TPSA) is 87.0 Å². The largest absolute Gasteiger partial charge is 0.492 e. The first kappa shape index (κ1) is 26.6. The average Bonchev–Trinajstić information content (AvgIpc) is 3.54. The van der Waals surface area contributed by atoms with Gasteiger partial charge in [-0.3, -0.25) is 0 Å². The number of alkyl carbamates (subject to hydrolysis) is 1. The van der Waals surface area contributed by atoms with Crippen LogP contribution in [-0.2, 0) is 14.0 Å². The summed E-state index contributed by atoms with van der Waals surface area (Å²) in [6.45, 7) is 8.32. The Morgan fingerprint density at radius 3 is 2.33 bits per heavy atom. The van der Waals surface area contributed by atoms with Crippen LogP contribution < -0.4 is 5.32 Å². The maximum absolute atomic E-state index is 13.0.